The average Bonchev–Trinajstić information content (AvgIpc) is 2.67. The summed E-state index contributed by atoms with van der Waals surface area (Å²) in [6, 6.07) is 12.2. The summed E-state index contributed by atoms with van der Waals surface area (Å²) in [7, 11) is 1.56. The van der Waals surface area contributed by atoms with Gasteiger partial charge in [0.05, 0.1) is 13.5 Å². The van der Waals surface area contributed by atoms with Crippen LogP contribution in [-0.4, -0.2) is 37.3 Å². The lowest BCUT2D eigenvalue weighted by Crippen LogP contribution is -2.18. The molecule has 0 saturated carbocycles. The number of carbonyl (C=O) groups is 2. The van der Waals surface area contributed by atoms with Gasteiger partial charge >= 0.3 is 5.97 Å². The number of fused-ring (bicyclic) bond motifs is 1. The second-order valence-electron chi connectivity index (χ2n) is 6.18. The summed E-state index contributed by atoms with van der Waals surface area (Å²) in [5.41, 5.74) is 1.35. The molecule has 0 aliphatic carbocycles. The molecular weight excluding hydrogens is 350 g/mol. The van der Waals surface area contributed by atoms with E-state index in [2.05, 4.69) is 5.32 Å². The third kappa shape index (κ3) is 4.91. The molecule has 0 saturated heterocycles. The van der Waals surface area contributed by atoms with Crippen molar-refractivity contribution in [1.29, 1.82) is 0 Å². The van der Waals surface area contributed by atoms with Gasteiger partial charge in [-0.3, -0.25) is 9.59 Å². The van der Waals surface area contributed by atoms with Crippen molar-refractivity contribution >= 4 is 17.6 Å². The quantitative estimate of drug-likeness (QED) is 0.777. The molecule has 7 heteroatoms. The number of hydrogen-bond donors (Lipinski definition) is 2. The minimum atomic E-state index is -0.956. The van der Waals surface area contributed by atoms with E-state index < -0.39 is 11.9 Å². The molecule has 1 aliphatic heterocycles. The van der Waals surface area contributed by atoms with Gasteiger partial charge in [-0.1, -0.05) is 12.1 Å². The van der Waals surface area contributed by atoms with Crippen molar-refractivity contribution in [1.82, 2.24) is 0 Å². The summed E-state index contributed by atoms with van der Waals surface area (Å²) in [6.45, 7) is 0.958. The summed E-state index contributed by atoms with van der Waals surface area (Å²) in [5.74, 6) is 0.230. The Labute approximate surface area is 156 Å². The van der Waals surface area contributed by atoms with Crippen LogP contribution in [0, 0.1) is 0 Å². The van der Waals surface area contributed by atoms with Crippen LogP contribution in [0.2, 0.25) is 0 Å². The molecule has 2 aromatic carbocycles. The maximum atomic E-state index is 12.5. The van der Waals surface area contributed by atoms with Gasteiger partial charge in [-0.05, 0) is 29.8 Å². The number of benzene rings is 2. The van der Waals surface area contributed by atoms with E-state index >= 15 is 0 Å². The van der Waals surface area contributed by atoms with Crippen LogP contribution in [0.25, 0.3) is 0 Å². The predicted molar refractivity (Wildman–Crippen MR) is 98.7 cm³/mol. The van der Waals surface area contributed by atoms with E-state index in [1.54, 1.807) is 49.6 Å². The molecule has 1 amide bonds. The largest absolute Gasteiger partial charge is 0.497 e. The third-order valence-electron chi connectivity index (χ3n) is 4.27. The third-order valence-corrected chi connectivity index (χ3v) is 4.27. The first-order valence-corrected chi connectivity index (χ1v) is 8.60. The minimum Gasteiger partial charge on any atom is -0.497 e. The van der Waals surface area contributed by atoms with E-state index in [-0.39, 0.29) is 18.7 Å². The Hall–Kier alpha value is -3.22. The number of hydrogen-bond acceptors (Lipinski definition) is 5. The molecule has 142 valence electrons. The van der Waals surface area contributed by atoms with E-state index in [4.69, 9.17) is 14.2 Å². The summed E-state index contributed by atoms with van der Waals surface area (Å²) in [6.07, 6.45) is -0.0893. The molecule has 2 aromatic rings. The number of nitrogens with one attached hydrogen (secondary N) is 1. The van der Waals surface area contributed by atoms with Gasteiger partial charge in [0.1, 0.15) is 19.0 Å². The molecule has 0 spiro atoms. The second-order valence-corrected chi connectivity index (χ2v) is 6.18. The first kappa shape index (κ1) is 18.6. The number of ether oxygens (including phenoxy) is 3. The maximum Gasteiger partial charge on any atom is 0.303 e. The fourth-order valence-electron chi connectivity index (χ4n) is 2.95. The predicted octanol–water partition coefficient (Wildman–Crippen LogP) is 3.05. The van der Waals surface area contributed by atoms with Crippen molar-refractivity contribution in [2.45, 2.75) is 18.8 Å². The number of amides is 1. The topological polar surface area (TPSA) is 94.1 Å². The standard InChI is InChI=1S/C20H21NO6/c1-25-16-5-2-13(3-6-16)14(11-20(23)24)10-19(22)21-15-4-7-17-18(12-15)27-9-8-26-17/h2-7,12,14H,8-11H2,1H3,(H,21,22)(H,23,24). The molecule has 0 aromatic heterocycles. The van der Waals surface area contributed by atoms with Crippen LogP contribution in [0.15, 0.2) is 42.5 Å². The molecule has 1 aliphatic rings. The average molecular weight is 371 g/mol. The van der Waals surface area contributed by atoms with Crippen molar-refractivity contribution in [3.05, 3.63) is 48.0 Å². The highest BCUT2D eigenvalue weighted by molar-refractivity contribution is 5.92. The van der Waals surface area contributed by atoms with E-state index in [1.165, 1.54) is 0 Å². The van der Waals surface area contributed by atoms with Crippen molar-refractivity contribution in [3.63, 3.8) is 0 Å². The Bertz CT molecular complexity index is 818. The smallest absolute Gasteiger partial charge is 0.303 e. The Balaban J connectivity index is 1.69. The number of carboxylic acids is 1. The van der Waals surface area contributed by atoms with Gasteiger partial charge in [-0.15, -0.1) is 0 Å². The molecule has 1 unspecified atom stereocenters. The van der Waals surface area contributed by atoms with Crippen LogP contribution in [0.4, 0.5) is 5.69 Å². The molecule has 27 heavy (non-hydrogen) atoms. The zero-order chi connectivity index (χ0) is 19.2. The summed E-state index contributed by atoms with van der Waals surface area (Å²) >= 11 is 0. The molecule has 2 N–H and O–H groups in total. The molecule has 3 rings (SSSR count). The fraction of sp³-hybridized carbons (Fsp3) is 0.300. The number of methoxy groups -OCH3 is 1. The Kier molecular flexibility index (Phi) is 5.80. The molecule has 0 bridgehead atoms. The van der Waals surface area contributed by atoms with Crippen molar-refractivity contribution in [2.24, 2.45) is 0 Å². The number of rotatable bonds is 7. The van der Waals surface area contributed by atoms with E-state index in [9.17, 15) is 14.7 Å². The molecular formula is C20H21NO6. The lowest BCUT2D eigenvalue weighted by atomic mass is 9.92. The SMILES string of the molecule is COc1ccc(C(CC(=O)O)CC(=O)Nc2ccc3c(c2)OCCO3)cc1. The van der Waals surface area contributed by atoms with Gasteiger partial charge in [-0.2, -0.15) is 0 Å². The monoisotopic (exact) mass is 371 g/mol. The lowest BCUT2D eigenvalue weighted by molar-refractivity contribution is -0.137. The van der Waals surface area contributed by atoms with Gasteiger partial charge in [0.2, 0.25) is 5.91 Å². The highest BCUT2D eigenvalue weighted by Gasteiger charge is 2.20. The Morgan fingerprint density at radius 1 is 1.07 bits per heavy atom. The van der Waals surface area contributed by atoms with Gasteiger partial charge in [0.25, 0.3) is 0 Å². The molecule has 0 radical (unpaired) electrons. The first-order valence-electron chi connectivity index (χ1n) is 8.60. The minimum absolute atomic E-state index is 0.0487. The van der Waals surface area contributed by atoms with Crippen LogP contribution in [-0.2, 0) is 9.59 Å². The van der Waals surface area contributed by atoms with Crippen LogP contribution in [0.5, 0.6) is 17.2 Å². The molecule has 0 fully saturated rings. The highest BCUT2D eigenvalue weighted by Crippen LogP contribution is 2.33. The van der Waals surface area contributed by atoms with Gasteiger partial charge in [-0.25, -0.2) is 0 Å². The first-order chi connectivity index (χ1) is 13.0. The fourth-order valence-corrected chi connectivity index (χ4v) is 2.95. The van der Waals surface area contributed by atoms with Crippen LogP contribution in [0.3, 0.4) is 0 Å². The summed E-state index contributed by atoms with van der Waals surface area (Å²) in [5, 5.41) is 12.0. The van der Waals surface area contributed by atoms with Crippen molar-refractivity contribution in [2.75, 3.05) is 25.6 Å². The zero-order valence-electron chi connectivity index (χ0n) is 14.9. The molecule has 1 atom stereocenters. The van der Waals surface area contributed by atoms with Crippen LogP contribution >= 0.6 is 0 Å². The zero-order valence-corrected chi connectivity index (χ0v) is 14.9. The van der Waals surface area contributed by atoms with Crippen molar-refractivity contribution in [3.8, 4) is 17.2 Å². The summed E-state index contributed by atoms with van der Waals surface area (Å²) < 4.78 is 16.1. The number of carboxylic acid groups (broad SMARTS) is 1. The second kappa shape index (κ2) is 8.44. The number of anilines is 1. The van der Waals surface area contributed by atoms with E-state index in [1.807, 2.05) is 0 Å². The Morgan fingerprint density at radius 3 is 2.44 bits per heavy atom. The maximum absolute atomic E-state index is 12.5. The highest BCUT2D eigenvalue weighted by atomic mass is 16.6. The Morgan fingerprint density at radius 2 is 1.78 bits per heavy atom. The number of carbonyl (C=O) groups excluding carboxylic acids is 1. The lowest BCUT2D eigenvalue weighted by Gasteiger charge is -2.19. The van der Waals surface area contributed by atoms with Crippen LogP contribution < -0.4 is 19.5 Å². The van der Waals surface area contributed by atoms with Gasteiger partial charge < -0.3 is 24.6 Å². The van der Waals surface area contributed by atoms with Gasteiger partial charge in [0.15, 0.2) is 11.5 Å². The van der Waals surface area contributed by atoms with Crippen LogP contribution in [0.1, 0.15) is 24.3 Å². The molecule has 7 nitrogen and oxygen atoms in total. The van der Waals surface area contributed by atoms with Crippen molar-refractivity contribution < 1.29 is 28.9 Å². The molecule has 1 heterocycles. The normalized spacial score (nSPS) is 13.5. The van der Waals surface area contributed by atoms with E-state index in [0.29, 0.717) is 36.1 Å². The van der Waals surface area contributed by atoms with Gasteiger partial charge in [0, 0.05) is 24.1 Å². The van der Waals surface area contributed by atoms with E-state index in [0.717, 1.165) is 5.56 Å². The number of aliphatic carboxylic acids is 1. The summed E-state index contributed by atoms with van der Waals surface area (Å²) in [4.78, 5) is 23.7.